The molecule has 32 heavy (non-hydrogen) atoms. The second kappa shape index (κ2) is 9.17. The highest BCUT2D eigenvalue weighted by atomic mass is 32.2. The van der Waals surface area contributed by atoms with Crippen LogP contribution < -0.4 is 9.04 Å². The van der Waals surface area contributed by atoms with Crippen molar-refractivity contribution in [1.82, 2.24) is 0 Å². The number of hydrogen-bond acceptors (Lipinski definition) is 6. The Hall–Kier alpha value is -3.11. The number of hydrogen-bond donors (Lipinski definition) is 1. The Morgan fingerprint density at radius 3 is 2.41 bits per heavy atom. The molecule has 0 radical (unpaired) electrons. The van der Waals surface area contributed by atoms with Crippen LogP contribution in [0.5, 0.6) is 5.75 Å². The van der Waals surface area contributed by atoms with Crippen LogP contribution in [0.2, 0.25) is 0 Å². The van der Waals surface area contributed by atoms with Crippen LogP contribution >= 0.6 is 0 Å². The van der Waals surface area contributed by atoms with Crippen molar-refractivity contribution < 1.29 is 36.6 Å². The molecule has 2 aromatic carbocycles. The first-order valence-corrected chi connectivity index (χ1v) is 11.6. The van der Waals surface area contributed by atoms with Crippen LogP contribution in [0.25, 0.3) is 22.3 Å². The van der Waals surface area contributed by atoms with Crippen molar-refractivity contribution in [2.24, 2.45) is 0 Å². The maximum atomic E-state index is 13.4. The van der Waals surface area contributed by atoms with Crippen LogP contribution in [-0.4, -0.2) is 52.1 Å². The van der Waals surface area contributed by atoms with E-state index in [1.807, 2.05) is 0 Å². The highest BCUT2D eigenvalue weighted by molar-refractivity contribution is 7.92. The first kappa shape index (κ1) is 23.6. The number of aromatic carboxylic acids is 1. The molecule has 8 nitrogen and oxygen atoms in total. The molecule has 0 saturated heterocycles. The SMILES string of the molecule is COCCN(c1cc2oc(-c3ccc(F)cc3)c(C(=O)O)c2cc1OC(C)C)S(C)(=O)=O. The van der Waals surface area contributed by atoms with Crippen molar-refractivity contribution in [3.8, 4) is 17.1 Å². The molecule has 0 aliphatic rings. The van der Waals surface area contributed by atoms with E-state index in [9.17, 15) is 22.7 Å². The second-order valence-corrected chi connectivity index (χ2v) is 9.34. The molecule has 0 spiro atoms. The number of nitrogens with zero attached hydrogens (tertiary/aromatic N) is 1. The molecule has 0 unspecified atom stereocenters. The van der Waals surface area contributed by atoms with Gasteiger partial charge in [0.05, 0.1) is 31.2 Å². The van der Waals surface area contributed by atoms with E-state index < -0.39 is 21.8 Å². The highest BCUT2D eigenvalue weighted by Crippen LogP contribution is 2.41. The summed E-state index contributed by atoms with van der Waals surface area (Å²) in [6.07, 6.45) is 0.743. The summed E-state index contributed by atoms with van der Waals surface area (Å²) < 4.78 is 56.2. The van der Waals surface area contributed by atoms with Crippen molar-refractivity contribution in [2.75, 3.05) is 30.8 Å². The minimum atomic E-state index is -3.72. The summed E-state index contributed by atoms with van der Waals surface area (Å²) in [5.41, 5.74) is 0.586. The number of carboxylic acids is 1. The number of carboxylic acid groups (broad SMARTS) is 1. The lowest BCUT2D eigenvalue weighted by molar-refractivity contribution is 0.0699. The Morgan fingerprint density at radius 1 is 1.22 bits per heavy atom. The third-order valence-corrected chi connectivity index (χ3v) is 5.80. The molecule has 3 aromatic rings. The average Bonchev–Trinajstić information content (AvgIpc) is 3.06. The Labute approximate surface area is 185 Å². The number of sulfonamides is 1. The van der Waals surface area contributed by atoms with Gasteiger partial charge in [-0.25, -0.2) is 17.6 Å². The first-order valence-electron chi connectivity index (χ1n) is 9.76. The molecule has 0 atom stereocenters. The summed E-state index contributed by atoms with van der Waals surface area (Å²) in [4.78, 5) is 12.1. The molecular formula is C22H24FNO7S. The Morgan fingerprint density at radius 2 is 1.88 bits per heavy atom. The third kappa shape index (κ3) is 4.86. The van der Waals surface area contributed by atoms with Gasteiger partial charge in [0.25, 0.3) is 0 Å². The van der Waals surface area contributed by atoms with Gasteiger partial charge in [-0.1, -0.05) is 0 Å². The van der Waals surface area contributed by atoms with Crippen molar-refractivity contribution in [3.05, 3.63) is 47.8 Å². The Kier molecular flexibility index (Phi) is 6.75. The summed E-state index contributed by atoms with van der Waals surface area (Å²) in [5, 5.41) is 10.1. The van der Waals surface area contributed by atoms with Gasteiger partial charge in [-0.15, -0.1) is 0 Å². The van der Waals surface area contributed by atoms with Crippen molar-refractivity contribution in [1.29, 1.82) is 0 Å². The van der Waals surface area contributed by atoms with Crippen LogP contribution in [0.15, 0.2) is 40.8 Å². The number of anilines is 1. The third-order valence-electron chi connectivity index (χ3n) is 4.62. The molecule has 0 bridgehead atoms. The molecule has 172 valence electrons. The molecule has 0 aliphatic heterocycles. The molecule has 0 amide bonds. The van der Waals surface area contributed by atoms with E-state index in [0.717, 1.165) is 10.6 Å². The van der Waals surface area contributed by atoms with Gasteiger partial charge in [0.2, 0.25) is 10.0 Å². The maximum Gasteiger partial charge on any atom is 0.340 e. The standard InChI is InChI=1S/C22H24FNO7S/c1-13(2)30-19-11-16-18(12-17(19)24(9-10-29-3)32(4,27)28)31-21(20(16)22(25)26)14-5-7-15(23)8-6-14/h5-8,11-13H,9-10H2,1-4H3,(H,25,26). The van der Waals surface area contributed by atoms with Gasteiger partial charge in [0, 0.05) is 24.1 Å². The van der Waals surface area contributed by atoms with E-state index in [0.29, 0.717) is 5.56 Å². The van der Waals surface area contributed by atoms with Crippen LogP contribution in [-0.2, 0) is 14.8 Å². The summed E-state index contributed by atoms with van der Waals surface area (Å²) in [6, 6.07) is 8.10. The predicted molar refractivity (Wildman–Crippen MR) is 118 cm³/mol. The fourth-order valence-electron chi connectivity index (χ4n) is 3.31. The number of rotatable bonds is 9. The largest absolute Gasteiger partial charge is 0.489 e. The molecule has 3 rings (SSSR count). The number of methoxy groups -OCH3 is 1. The van der Waals surface area contributed by atoms with Crippen LogP contribution in [0.4, 0.5) is 10.1 Å². The Bertz CT molecular complexity index is 1230. The topological polar surface area (TPSA) is 106 Å². The number of fused-ring (bicyclic) bond motifs is 1. The fourth-order valence-corrected chi connectivity index (χ4v) is 4.22. The van der Waals surface area contributed by atoms with Gasteiger partial charge in [-0.2, -0.15) is 0 Å². The van der Waals surface area contributed by atoms with Crippen molar-refractivity contribution >= 4 is 32.6 Å². The second-order valence-electron chi connectivity index (χ2n) is 7.43. The normalized spacial score (nSPS) is 11.8. The van der Waals surface area contributed by atoms with Gasteiger partial charge in [0.15, 0.2) is 0 Å². The number of furan rings is 1. The van der Waals surface area contributed by atoms with Gasteiger partial charge >= 0.3 is 5.97 Å². The van der Waals surface area contributed by atoms with Crippen LogP contribution in [0.3, 0.4) is 0 Å². The summed E-state index contributed by atoms with van der Waals surface area (Å²) >= 11 is 0. The molecule has 1 heterocycles. The van der Waals surface area contributed by atoms with Gasteiger partial charge in [-0.05, 0) is 44.2 Å². The van der Waals surface area contributed by atoms with Gasteiger partial charge in [0.1, 0.15) is 28.5 Å². The van der Waals surface area contributed by atoms with Gasteiger partial charge < -0.3 is 19.0 Å². The lowest BCUT2D eigenvalue weighted by atomic mass is 10.0. The smallest absolute Gasteiger partial charge is 0.340 e. The first-order chi connectivity index (χ1) is 15.0. The highest BCUT2D eigenvalue weighted by Gasteiger charge is 2.27. The lowest BCUT2D eigenvalue weighted by Gasteiger charge is -2.25. The van der Waals surface area contributed by atoms with E-state index in [1.54, 1.807) is 13.8 Å². The van der Waals surface area contributed by atoms with E-state index >= 15 is 0 Å². The zero-order valence-corrected chi connectivity index (χ0v) is 18.9. The number of benzene rings is 2. The Balaban J connectivity index is 2.31. The zero-order valence-electron chi connectivity index (χ0n) is 18.1. The molecule has 10 heteroatoms. The molecule has 1 N–H and O–H groups in total. The minimum Gasteiger partial charge on any atom is -0.489 e. The summed E-state index contributed by atoms with van der Waals surface area (Å²) in [6.45, 7) is 3.69. The van der Waals surface area contributed by atoms with Crippen molar-refractivity contribution in [2.45, 2.75) is 20.0 Å². The quantitative estimate of drug-likeness (QED) is 0.506. The average molecular weight is 465 g/mol. The van der Waals surface area contributed by atoms with Crippen LogP contribution in [0.1, 0.15) is 24.2 Å². The fraction of sp³-hybridized carbons (Fsp3) is 0.318. The number of halogens is 1. The lowest BCUT2D eigenvalue weighted by Crippen LogP contribution is -2.33. The summed E-state index contributed by atoms with van der Waals surface area (Å²) in [7, 11) is -2.27. The van der Waals surface area contributed by atoms with E-state index in [-0.39, 0.29) is 53.0 Å². The number of carbonyl (C=O) groups is 1. The molecule has 1 aromatic heterocycles. The van der Waals surface area contributed by atoms with Crippen molar-refractivity contribution in [3.63, 3.8) is 0 Å². The molecule has 0 aliphatic carbocycles. The number of ether oxygens (including phenoxy) is 2. The van der Waals surface area contributed by atoms with E-state index in [4.69, 9.17) is 13.9 Å². The monoisotopic (exact) mass is 465 g/mol. The summed E-state index contributed by atoms with van der Waals surface area (Å²) in [5.74, 6) is -1.50. The van der Waals surface area contributed by atoms with E-state index in [1.165, 1.54) is 43.5 Å². The molecule has 0 fully saturated rings. The zero-order chi connectivity index (χ0) is 23.6. The van der Waals surface area contributed by atoms with Gasteiger partial charge in [-0.3, -0.25) is 4.31 Å². The van der Waals surface area contributed by atoms with Crippen LogP contribution in [0, 0.1) is 5.82 Å². The molecular weight excluding hydrogens is 441 g/mol. The molecule has 0 saturated carbocycles. The maximum absolute atomic E-state index is 13.4. The van der Waals surface area contributed by atoms with E-state index in [2.05, 4.69) is 0 Å². The minimum absolute atomic E-state index is 0.0204. The predicted octanol–water partition coefficient (Wildman–Crippen LogP) is 4.14.